The Morgan fingerprint density at radius 1 is 1.19 bits per heavy atom. The molecule has 32 heavy (non-hydrogen) atoms. The van der Waals surface area contributed by atoms with Gasteiger partial charge in [0.2, 0.25) is 11.8 Å². The molecule has 2 aromatic heterocycles. The highest BCUT2D eigenvalue weighted by Gasteiger charge is 2.21. The lowest BCUT2D eigenvalue weighted by Crippen LogP contribution is -2.72. The van der Waals surface area contributed by atoms with E-state index < -0.39 is 0 Å². The Balaban J connectivity index is 1.62. The molecule has 0 bridgehead atoms. The van der Waals surface area contributed by atoms with Gasteiger partial charge in [0.1, 0.15) is 11.8 Å². The standard InChI is InChI=1S/C23H30N8O/c1-14(2)27-22(32)20-12-25-23(29-18-6-5-17-10-24-8-7-16(17)9-18)30-21(20)28-19-11-26-31(13-19)15(3)4/h5-6,9,11-15,24H,7-8,10H2,1-4H3,(H,27,32)(H2,25,28,29,30)/p+1. The quantitative estimate of drug-likeness (QED) is 0.453. The molecule has 0 saturated heterocycles. The Morgan fingerprint density at radius 2 is 2.03 bits per heavy atom. The van der Waals surface area contributed by atoms with Gasteiger partial charge in [-0.15, -0.1) is 0 Å². The molecule has 9 heteroatoms. The summed E-state index contributed by atoms with van der Waals surface area (Å²) in [7, 11) is 0. The molecular weight excluding hydrogens is 404 g/mol. The molecule has 0 saturated carbocycles. The molecule has 1 amide bonds. The molecule has 1 aliphatic heterocycles. The number of aromatic nitrogens is 4. The molecule has 0 atom stereocenters. The maximum atomic E-state index is 12.8. The van der Waals surface area contributed by atoms with Crippen LogP contribution in [0.3, 0.4) is 0 Å². The summed E-state index contributed by atoms with van der Waals surface area (Å²) in [6.07, 6.45) is 6.30. The Morgan fingerprint density at radius 3 is 2.78 bits per heavy atom. The van der Waals surface area contributed by atoms with Crippen LogP contribution in [0.4, 0.5) is 23.1 Å². The van der Waals surface area contributed by atoms with Crippen molar-refractivity contribution < 1.29 is 10.1 Å². The number of nitrogens with one attached hydrogen (secondary N) is 3. The summed E-state index contributed by atoms with van der Waals surface area (Å²) in [4.78, 5) is 21.8. The van der Waals surface area contributed by atoms with Gasteiger partial charge in [0.25, 0.3) is 5.91 Å². The van der Waals surface area contributed by atoms with Crippen LogP contribution in [0, 0.1) is 0 Å². The van der Waals surface area contributed by atoms with Crippen molar-refractivity contribution in [3.8, 4) is 0 Å². The average Bonchev–Trinajstić information content (AvgIpc) is 3.22. The summed E-state index contributed by atoms with van der Waals surface area (Å²) in [5.74, 6) is 0.795. The number of hydrogen-bond acceptors (Lipinski definition) is 6. The second-order valence-electron chi connectivity index (χ2n) is 8.65. The number of quaternary nitrogens is 1. The zero-order chi connectivity index (χ0) is 22.7. The minimum atomic E-state index is -0.199. The molecular formula is C23H31N8O+. The van der Waals surface area contributed by atoms with Crippen molar-refractivity contribution in [2.24, 2.45) is 0 Å². The molecule has 3 aromatic rings. The SMILES string of the molecule is CC(C)NC(=O)c1cnc(Nc2ccc3c(c2)CCNC3)nc1[NH2+]c1cnn(C(C)C)c1. The van der Waals surface area contributed by atoms with E-state index >= 15 is 0 Å². The van der Waals surface area contributed by atoms with Crippen LogP contribution in [-0.4, -0.2) is 38.2 Å². The van der Waals surface area contributed by atoms with Gasteiger partial charge in [0, 0.05) is 24.3 Å². The van der Waals surface area contributed by atoms with E-state index in [1.54, 1.807) is 12.4 Å². The molecule has 0 radical (unpaired) electrons. The first-order valence-electron chi connectivity index (χ1n) is 11.1. The predicted molar refractivity (Wildman–Crippen MR) is 124 cm³/mol. The van der Waals surface area contributed by atoms with Crippen molar-refractivity contribution in [2.45, 2.75) is 52.7 Å². The fraction of sp³-hybridized carbons (Fsp3) is 0.391. The van der Waals surface area contributed by atoms with Gasteiger partial charge in [-0.05, 0) is 63.9 Å². The van der Waals surface area contributed by atoms with E-state index in [0.29, 0.717) is 17.3 Å². The van der Waals surface area contributed by atoms with Gasteiger partial charge >= 0.3 is 0 Å². The smallest absolute Gasteiger partial charge is 0.260 e. The molecule has 0 spiro atoms. The van der Waals surface area contributed by atoms with Crippen LogP contribution in [0.2, 0.25) is 0 Å². The first-order valence-corrected chi connectivity index (χ1v) is 11.1. The monoisotopic (exact) mass is 435 g/mol. The van der Waals surface area contributed by atoms with Crippen LogP contribution in [0.25, 0.3) is 0 Å². The highest BCUT2D eigenvalue weighted by atomic mass is 16.1. The lowest BCUT2D eigenvalue weighted by atomic mass is 10.0. The van der Waals surface area contributed by atoms with Crippen LogP contribution in [0.5, 0.6) is 0 Å². The van der Waals surface area contributed by atoms with Gasteiger partial charge in [-0.3, -0.25) is 14.8 Å². The van der Waals surface area contributed by atoms with Gasteiger partial charge in [-0.25, -0.2) is 4.98 Å². The number of amides is 1. The van der Waals surface area contributed by atoms with E-state index in [2.05, 4.69) is 57.0 Å². The fourth-order valence-electron chi connectivity index (χ4n) is 3.63. The summed E-state index contributed by atoms with van der Waals surface area (Å²) in [5.41, 5.74) is 4.89. The Labute approximate surface area is 188 Å². The number of benzene rings is 1. The fourth-order valence-corrected chi connectivity index (χ4v) is 3.63. The molecule has 9 nitrogen and oxygen atoms in total. The summed E-state index contributed by atoms with van der Waals surface area (Å²) in [6, 6.07) is 6.57. The normalized spacial score (nSPS) is 13.3. The number of rotatable bonds is 7. The van der Waals surface area contributed by atoms with Crippen molar-refractivity contribution in [3.05, 3.63) is 53.5 Å². The summed E-state index contributed by atoms with van der Waals surface area (Å²) in [6.45, 7) is 9.87. The number of carbonyl (C=O) groups excluding carboxylic acids is 1. The van der Waals surface area contributed by atoms with Gasteiger partial charge in [-0.2, -0.15) is 10.1 Å². The molecule has 5 N–H and O–H groups in total. The van der Waals surface area contributed by atoms with Crippen molar-refractivity contribution in [2.75, 3.05) is 11.9 Å². The maximum absolute atomic E-state index is 12.8. The van der Waals surface area contributed by atoms with Crippen LogP contribution in [0.1, 0.15) is 55.2 Å². The van der Waals surface area contributed by atoms with E-state index in [9.17, 15) is 4.79 Å². The first kappa shape index (κ1) is 21.9. The molecule has 0 unspecified atom stereocenters. The van der Waals surface area contributed by atoms with Crippen molar-refractivity contribution in [3.63, 3.8) is 0 Å². The third-order valence-electron chi connectivity index (χ3n) is 5.29. The summed E-state index contributed by atoms with van der Waals surface area (Å²) in [5, 5.41) is 15.9. The Kier molecular flexibility index (Phi) is 6.48. The lowest BCUT2D eigenvalue weighted by molar-refractivity contribution is -0.483. The third-order valence-corrected chi connectivity index (χ3v) is 5.29. The number of nitrogens with zero attached hydrogens (tertiary/aromatic N) is 4. The molecule has 1 aromatic carbocycles. The van der Waals surface area contributed by atoms with Crippen LogP contribution >= 0.6 is 0 Å². The Bertz CT molecular complexity index is 1110. The first-order chi connectivity index (χ1) is 15.4. The molecule has 4 rings (SSSR count). The van der Waals surface area contributed by atoms with Gasteiger partial charge in [0.05, 0.1) is 12.4 Å². The van der Waals surface area contributed by atoms with E-state index in [1.807, 2.05) is 36.1 Å². The molecule has 0 aliphatic carbocycles. The Hall–Kier alpha value is -3.30. The van der Waals surface area contributed by atoms with Crippen LogP contribution in [-0.2, 0) is 13.0 Å². The van der Waals surface area contributed by atoms with Gasteiger partial charge in [-0.1, -0.05) is 6.07 Å². The topological polar surface area (TPSA) is 113 Å². The van der Waals surface area contributed by atoms with E-state index in [0.717, 1.165) is 30.9 Å². The zero-order valence-corrected chi connectivity index (χ0v) is 19.0. The van der Waals surface area contributed by atoms with Crippen molar-refractivity contribution in [1.29, 1.82) is 0 Å². The summed E-state index contributed by atoms with van der Waals surface area (Å²) >= 11 is 0. The second-order valence-corrected chi connectivity index (χ2v) is 8.65. The number of carbonyl (C=O) groups is 1. The number of hydrogen-bond donors (Lipinski definition) is 4. The zero-order valence-electron chi connectivity index (χ0n) is 19.0. The van der Waals surface area contributed by atoms with Gasteiger partial charge < -0.3 is 16.0 Å². The van der Waals surface area contributed by atoms with E-state index in [-0.39, 0.29) is 18.0 Å². The predicted octanol–water partition coefficient (Wildman–Crippen LogP) is 2.31. The number of nitrogens with two attached hydrogens (primary N) is 1. The minimum absolute atomic E-state index is 0.0156. The van der Waals surface area contributed by atoms with Crippen LogP contribution < -0.4 is 21.3 Å². The minimum Gasteiger partial charge on any atom is -0.350 e. The average molecular weight is 436 g/mol. The number of anilines is 2. The van der Waals surface area contributed by atoms with E-state index in [1.165, 1.54) is 11.1 Å². The maximum Gasteiger partial charge on any atom is 0.260 e. The molecule has 1 aliphatic rings. The second kappa shape index (κ2) is 9.46. The van der Waals surface area contributed by atoms with Gasteiger partial charge in [0.15, 0.2) is 5.69 Å². The highest BCUT2D eigenvalue weighted by molar-refractivity contribution is 5.97. The van der Waals surface area contributed by atoms with Crippen molar-refractivity contribution >= 4 is 29.0 Å². The lowest BCUT2D eigenvalue weighted by Gasteiger charge is -2.18. The summed E-state index contributed by atoms with van der Waals surface area (Å²) < 4.78 is 1.88. The third kappa shape index (κ3) is 5.12. The highest BCUT2D eigenvalue weighted by Crippen LogP contribution is 2.22. The molecule has 3 heterocycles. The molecule has 0 fully saturated rings. The van der Waals surface area contributed by atoms with Crippen LogP contribution in [0.15, 0.2) is 36.8 Å². The molecule has 168 valence electrons. The largest absolute Gasteiger partial charge is 0.350 e. The van der Waals surface area contributed by atoms with E-state index in [4.69, 9.17) is 0 Å². The van der Waals surface area contributed by atoms with Crippen molar-refractivity contribution in [1.82, 2.24) is 30.4 Å². The number of fused-ring (bicyclic) bond motifs is 1.